The molecule has 0 aliphatic rings. The summed E-state index contributed by atoms with van der Waals surface area (Å²) in [6, 6.07) is 13.8. The zero-order valence-corrected chi connectivity index (χ0v) is 16.7. The van der Waals surface area contributed by atoms with E-state index in [0.717, 1.165) is 16.5 Å². The minimum atomic E-state index is -0.318. The predicted molar refractivity (Wildman–Crippen MR) is 116 cm³/mol. The Labute approximate surface area is 176 Å². The number of aromatic amines is 1. The van der Waals surface area contributed by atoms with Crippen LogP contribution in [-0.2, 0) is 0 Å². The number of nitrogens with zero attached hydrogens (tertiary/aromatic N) is 4. The summed E-state index contributed by atoms with van der Waals surface area (Å²) < 4.78 is 14.0. The molecule has 8 heteroatoms. The number of aromatic nitrogens is 5. The predicted octanol–water partition coefficient (Wildman–Crippen LogP) is 5.53. The Kier molecular flexibility index (Phi) is 4.52. The first kappa shape index (κ1) is 18.4. The number of imidazole rings is 1. The fourth-order valence-corrected chi connectivity index (χ4v) is 3.75. The van der Waals surface area contributed by atoms with Crippen LogP contribution in [0.5, 0.6) is 0 Å². The number of hydrogen-bond acceptors (Lipinski definition) is 5. The molecule has 0 spiro atoms. The van der Waals surface area contributed by atoms with E-state index in [0.29, 0.717) is 33.3 Å². The molecule has 0 aliphatic heterocycles. The summed E-state index contributed by atoms with van der Waals surface area (Å²) in [4.78, 5) is 20.6. The van der Waals surface area contributed by atoms with Crippen LogP contribution in [0.25, 0.3) is 33.3 Å². The van der Waals surface area contributed by atoms with Gasteiger partial charge in [0.2, 0.25) is 0 Å². The molecule has 0 saturated heterocycles. The Morgan fingerprint density at radius 3 is 2.80 bits per heavy atom. The smallest absolute Gasteiger partial charge is 0.162 e. The van der Waals surface area contributed by atoms with E-state index in [2.05, 4.69) is 25.3 Å². The first-order valence-corrected chi connectivity index (χ1v) is 9.73. The molecule has 1 atom stereocenters. The normalized spacial score (nSPS) is 12.4. The molecule has 0 bridgehead atoms. The average Bonchev–Trinajstić information content (AvgIpc) is 3.23. The minimum Gasteiger partial charge on any atom is -0.362 e. The molecule has 3 heterocycles. The van der Waals surface area contributed by atoms with Gasteiger partial charge in [0.1, 0.15) is 17.7 Å². The molecule has 0 radical (unpaired) electrons. The molecule has 5 rings (SSSR count). The second kappa shape index (κ2) is 7.35. The fourth-order valence-electron chi connectivity index (χ4n) is 3.53. The summed E-state index contributed by atoms with van der Waals surface area (Å²) in [7, 11) is 0. The summed E-state index contributed by atoms with van der Waals surface area (Å²) in [5.74, 6) is 0.277. The van der Waals surface area contributed by atoms with Crippen LogP contribution in [0.1, 0.15) is 18.5 Å². The van der Waals surface area contributed by atoms with Crippen molar-refractivity contribution in [2.45, 2.75) is 13.0 Å². The zero-order valence-electron chi connectivity index (χ0n) is 15.9. The molecule has 0 aliphatic carbocycles. The van der Waals surface area contributed by atoms with Gasteiger partial charge in [-0.3, -0.25) is 0 Å². The third-order valence-corrected chi connectivity index (χ3v) is 5.30. The Hall–Kier alpha value is -3.58. The van der Waals surface area contributed by atoms with E-state index in [9.17, 15) is 4.39 Å². The van der Waals surface area contributed by atoms with Gasteiger partial charge in [-0.1, -0.05) is 29.8 Å². The van der Waals surface area contributed by atoms with Crippen LogP contribution in [0.15, 0.2) is 61.2 Å². The highest BCUT2D eigenvalue weighted by atomic mass is 35.5. The molecule has 6 nitrogen and oxygen atoms in total. The molecule has 148 valence electrons. The van der Waals surface area contributed by atoms with Crippen molar-refractivity contribution in [3.63, 3.8) is 0 Å². The monoisotopic (exact) mass is 418 g/mol. The molecule has 0 saturated carbocycles. The fraction of sp³-hybridized carbons (Fsp3) is 0.0909. The van der Waals surface area contributed by atoms with Crippen LogP contribution in [-0.4, -0.2) is 24.9 Å². The highest BCUT2D eigenvalue weighted by Gasteiger charge is 2.18. The molecule has 5 aromatic rings. The molecular weight excluding hydrogens is 403 g/mol. The molecule has 0 unspecified atom stereocenters. The van der Waals surface area contributed by atoms with E-state index in [-0.39, 0.29) is 11.9 Å². The van der Waals surface area contributed by atoms with E-state index in [1.165, 1.54) is 18.5 Å². The summed E-state index contributed by atoms with van der Waals surface area (Å²) >= 11 is 6.43. The van der Waals surface area contributed by atoms with E-state index < -0.39 is 0 Å². The Balaban J connectivity index is 1.67. The lowest BCUT2D eigenvalue weighted by Crippen LogP contribution is -2.11. The lowest BCUT2D eigenvalue weighted by atomic mass is 9.98. The maximum atomic E-state index is 14.0. The van der Waals surface area contributed by atoms with Gasteiger partial charge >= 0.3 is 0 Å². The van der Waals surface area contributed by atoms with Crippen LogP contribution in [0.3, 0.4) is 0 Å². The highest BCUT2D eigenvalue weighted by Crippen LogP contribution is 2.34. The van der Waals surface area contributed by atoms with Crippen molar-refractivity contribution in [1.29, 1.82) is 0 Å². The van der Waals surface area contributed by atoms with Crippen LogP contribution in [0, 0.1) is 5.82 Å². The van der Waals surface area contributed by atoms with Gasteiger partial charge in [-0.15, -0.1) is 0 Å². The van der Waals surface area contributed by atoms with E-state index in [1.54, 1.807) is 12.4 Å². The van der Waals surface area contributed by atoms with Gasteiger partial charge in [-0.2, -0.15) is 0 Å². The molecule has 0 amide bonds. The number of H-pyrrole nitrogens is 1. The highest BCUT2D eigenvalue weighted by molar-refractivity contribution is 6.35. The number of pyridine rings is 1. The van der Waals surface area contributed by atoms with Crippen molar-refractivity contribution >= 4 is 39.5 Å². The standard InChI is InChI=1S/C22H16ClFN6/c1-12(29-22-20-21(26-10-25-20)27-11-28-22)15-9-16-17(23)6-3-7-18(16)30-19(15)13-4-2-5-14(24)8-13/h2-12H,1H3,(H2,25,26,27,28,29)/t12-/m0/s1. The van der Waals surface area contributed by atoms with Gasteiger partial charge in [0, 0.05) is 21.5 Å². The Morgan fingerprint density at radius 1 is 1.07 bits per heavy atom. The SMILES string of the molecule is C[C@H](Nc1ncnc2[nH]cnc12)c1cc2c(Cl)cccc2nc1-c1cccc(F)c1. The van der Waals surface area contributed by atoms with Crippen LogP contribution in [0.2, 0.25) is 5.02 Å². The number of rotatable bonds is 4. The molecule has 3 aromatic heterocycles. The zero-order chi connectivity index (χ0) is 20.7. The van der Waals surface area contributed by atoms with Crippen molar-refractivity contribution in [3.05, 3.63) is 77.6 Å². The summed E-state index contributed by atoms with van der Waals surface area (Å²) in [5, 5.41) is 4.82. The third-order valence-electron chi connectivity index (χ3n) is 4.97. The maximum Gasteiger partial charge on any atom is 0.162 e. The second-order valence-corrected chi connectivity index (χ2v) is 7.34. The second-order valence-electron chi connectivity index (χ2n) is 6.93. The van der Waals surface area contributed by atoms with E-state index in [1.807, 2.05) is 37.3 Å². The minimum absolute atomic E-state index is 0.216. The molecular formula is C22H16ClFN6. The van der Waals surface area contributed by atoms with Crippen molar-refractivity contribution in [2.24, 2.45) is 0 Å². The number of anilines is 1. The summed E-state index contributed by atoms with van der Waals surface area (Å²) in [6.45, 7) is 1.99. The molecule has 2 aromatic carbocycles. The molecule has 30 heavy (non-hydrogen) atoms. The quantitative estimate of drug-likeness (QED) is 0.401. The summed E-state index contributed by atoms with van der Waals surface area (Å²) in [6.07, 6.45) is 3.04. The van der Waals surface area contributed by atoms with Crippen LogP contribution >= 0.6 is 11.6 Å². The van der Waals surface area contributed by atoms with Gasteiger partial charge in [0.05, 0.1) is 23.6 Å². The van der Waals surface area contributed by atoms with E-state index >= 15 is 0 Å². The number of halogens is 2. The van der Waals surface area contributed by atoms with Crippen molar-refractivity contribution in [2.75, 3.05) is 5.32 Å². The number of nitrogens with one attached hydrogen (secondary N) is 2. The van der Waals surface area contributed by atoms with Gasteiger partial charge in [-0.05, 0) is 37.3 Å². The van der Waals surface area contributed by atoms with Gasteiger partial charge in [-0.25, -0.2) is 24.3 Å². The van der Waals surface area contributed by atoms with Gasteiger partial charge in [0.15, 0.2) is 11.5 Å². The van der Waals surface area contributed by atoms with Crippen LogP contribution in [0.4, 0.5) is 10.2 Å². The van der Waals surface area contributed by atoms with Crippen molar-refractivity contribution in [3.8, 4) is 11.3 Å². The molecule has 2 N–H and O–H groups in total. The van der Waals surface area contributed by atoms with Crippen LogP contribution < -0.4 is 5.32 Å². The lowest BCUT2D eigenvalue weighted by Gasteiger charge is -2.19. The van der Waals surface area contributed by atoms with Crippen molar-refractivity contribution < 1.29 is 4.39 Å². The van der Waals surface area contributed by atoms with Crippen molar-refractivity contribution in [1.82, 2.24) is 24.9 Å². The summed E-state index contributed by atoms with van der Waals surface area (Å²) in [5.41, 5.74) is 4.26. The third kappa shape index (κ3) is 3.23. The average molecular weight is 419 g/mol. The Morgan fingerprint density at radius 2 is 1.93 bits per heavy atom. The maximum absolute atomic E-state index is 14.0. The first-order chi connectivity index (χ1) is 14.6. The van der Waals surface area contributed by atoms with E-state index in [4.69, 9.17) is 16.6 Å². The Bertz CT molecular complexity index is 1380. The number of fused-ring (bicyclic) bond motifs is 2. The molecule has 0 fully saturated rings. The number of hydrogen-bond donors (Lipinski definition) is 2. The number of benzene rings is 2. The largest absolute Gasteiger partial charge is 0.362 e. The van der Waals surface area contributed by atoms with Gasteiger partial charge < -0.3 is 10.3 Å². The van der Waals surface area contributed by atoms with Gasteiger partial charge in [0.25, 0.3) is 0 Å². The topological polar surface area (TPSA) is 79.4 Å². The first-order valence-electron chi connectivity index (χ1n) is 9.36. The lowest BCUT2D eigenvalue weighted by molar-refractivity contribution is 0.628.